The fraction of sp³-hybridized carbons (Fsp3) is 0.500. The standard InChI is InChI=1S/C10H13N3O2/c1-2-12-4-3-10-8(7-12)5-9(6-11-10)13(14)15/h5-6H,2-4,7H2,1H3. The number of fused-ring (bicyclic) bond motifs is 1. The van der Waals surface area contributed by atoms with E-state index < -0.39 is 4.92 Å². The second-order valence-electron chi connectivity index (χ2n) is 3.68. The molecule has 15 heavy (non-hydrogen) atoms. The van der Waals surface area contributed by atoms with E-state index in [1.807, 2.05) is 0 Å². The third kappa shape index (κ3) is 1.97. The highest BCUT2D eigenvalue weighted by molar-refractivity contribution is 5.35. The average Bonchev–Trinajstić information content (AvgIpc) is 2.27. The third-order valence-electron chi connectivity index (χ3n) is 2.76. The van der Waals surface area contributed by atoms with Gasteiger partial charge in [-0.05, 0) is 12.1 Å². The Hall–Kier alpha value is -1.49. The van der Waals surface area contributed by atoms with Crippen LogP contribution in [0.5, 0.6) is 0 Å². The lowest BCUT2D eigenvalue weighted by Crippen LogP contribution is -2.30. The molecule has 0 atom stereocenters. The van der Waals surface area contributed by atoms with E-state index in [4.69, 9.17) is 0 Å². The van der Waals surface area contributed by atoms with E-state index in [0.717, 1.165) is 37.3 Å². The van der Waals surface area contributed by atoms with Gasteiger partial charge in [0.1, 0.15) is 6.20 Å². The van der Waals surface area contributed by atoms with Crippen molar-refractivity contribution in [3.05, 3.63) is 33.6 Å². The molecule has 80 valence electrons. The monoisotopic (exact) mass is 207 g/mol. The van der Waals surface area contributed by atoms with Crippen molar-refractivity contribution in [2.24, 2.45) is 0 Å². The van der Waals surface area contributed by atoms with Crippen molar-refractivity contribution in [3.8, 4) is 0 Å². The molecular weight excluding hydrogens is 194 g/mol. The van der Waals surface area contributed by atoms with Crippen molar-refractivity contribution in [1.29, 1.82) is 0 Å². The summed E-state index contributed by atoms with van der Waals surface area (Å²) in [5, 5.41) is 10.6. The Bertz CT molecular complexity index is 392. The summed E-state index contributed by atoms with van der Waals surface area (Å²) in [4.78, 5) is 16.6. The topological polar surface area (TPSA) is 59.3 Å². The van der Waals surface area contributed by atoms with Crippen LogP contribution in [0.1, 0.15) is 18.2 Å². The number of likely N-dealkylation sites (N-methyl/N-ethyl adjacent to an activating group) is 1. The molecule has 0 N–H and O–H groups in total. The van der Waals surface area contributed by atoms with Crippen LogP contribution in [-0.2, 0) is 13.0 Å². The van der Waals surface area contributed by atoms with E-state index in [2.05, 4.69) is 16.8 Å². The van der Waals surface area contributed by atoms with Gasteiger partial charge in [-0.2, -0.15) is 0 Å². The lowest BCUT2D eigenvalue weighted by molar-refractivity contribution is -0.385. The minimum atomic E-state index is -0.391. The van der Waals surface area contributed by atoms with Crippen molar-refractivity contribution in [2.75, 3.05) is 13.1 Å². The zero-order chi connectivity index (χ0) is 10.8. The summed E-state index contributed by atoms with van der Waals surface area (Å²) in [7, 11) is 0. The fourth-order valence-corrected chi connectivity index (χ4v) is 1.84. The first-order chi connectivity index (χ1) is 7.20. The minimum absolute atomic E-state index is 0.0895. The Labute approximate surface area is 87.9 Å². The van der Waals surface area contributed by atoms with Gasteiger partial charge in [0.05, 0.1) is 4.92 Å². The largest absolute Gasteiger partial charge is 0.299 e. The van der Waals surface area contributed by atoms with Gasteiger partial charge in [-0.3, -0.25) is 20.0 Å². The Balaban J connectivity index is 2.30. The van der Waals surface area contributed by atoms with Gasteiger partial charge in [-0.25, -0.2) is 0 Å². The summed E-state index contributed by atoms with van der Waals surface area (Å²) in [5.41, 5.74) is 2.09. The van der Waals surface area contributed by atoms with Crippen LogP contribution in [-0.4, -0.2) is 27.9 Å². The molecular formula is C10H13N3O2. The molecule has 2 heterocycles. The molecule has 0 aromatic carbocycles. The number of hydrogen-bond acceptors (Lipinski definition) is 4. The maximum Gasteiger partial charge on any atom is 0.287 e. The Morgan fingerprint density at radius 1 is 1.67 bits per heavy atom. The van der Waals surface area contributed by atoms with Crippen LogP contribution >= 0.6 is 0 Å². The highest BCUT2D eigenvalue weighted by Gasteiger charge is 2.18. The number of rotatable bonds is 2. The van der Waals surface area contributed by atoms with Crippen LogP contribution in [0.15, 0.2) is 12.3 Å². The maximum atomic E-state index is 10.6. The number of hydrogen-bond donors (Lipinski definition) is 0. The summed E-state index contributed by atoms with van der Waals surface area (Å²) < 4.78 is 0. The van der Waals surface area contributed by atoms with Crippen LogP contribution in [0.2, 0.25) is 0 Å². The van der Waals surface area contributed by atoms with Crippen LogP contribution in [0, 0.1) is 10.1 Å². The molecule has 2 rings (SSSR count). The Kier molecular flexibility index (Phi) is 2.64. The summed E-state index contributed by atoms with van der Waals surface area (Å²) in [5.74, 6) is 0. The van der Waals surface area contributed by atoms with Gasteiger partial charge in [-0.1, -0.05) is 6.92 Å². The molecule has 1 aliphatic heterocycles. The molecule has 0 aliphatic carbocycles. The van der Waals surface area contributed by atoms with Gasteiger partial charge in [0.2, 0.25) is 0 Å². The molecule has 5 nitrogen and oxygen atoms in total. The van der Waals surface area contributed by atoms with Crippen LogP contribution < -0.4 is 0 Å². The van der Waals surface area contributed by atoms with E-state index in [1.165, 1.54) is 6.20 Å². The van der Waals surface area contributed by atoms with Crippen LogP contribution in [0.25, 0.3) is 0 Å². The number of pyridine rings is 1. The maximum absolute atomic E-state index is 10.6. The van der Waals surface area contributed by atoms with Crippen LogP contribution in [0.3, 0.4) is 0 Å². The van der Waals surface area contributed by atoms with Crippen molar-refractivity contribution >= 4 is 5.69 Å². The van der Waals surface area contributed by atoms with E-state index in [0.29, 0.717) is 0 Å². The van der Waals surface area contributed by atoms with Gasteiger partial charge in [-0.15, -0.1) is 0 Å². The number of nitrogens with zero attached hydrogens (tertiary/aromatic N) is 3. The summed E-state index contributed by atoms with van der Waals surface area (Å²) in [6.45, 7) is 4.84. The first kappa shape index (κ1) is 10.0. The van der Waals surface area contributed by atoms with Gasteiger partial charge < -0.3 is 0 Å². The molecule has 0 spiro atoms. The number of nitro groups is 1. The molecule has 1 aromatic heterocycles. The van der Waals surface area contributed by atoms with E-state index in [-0.39, 0.29) is 5.69 Å². The zero-order valence-electron chi connectivity index (χ0n) is 8.64. The molecule has 0 bridgehead atoms. The predicted molar refractivity (Wildman–Crippen MR) is 55.5 cm³/mol. The van der Waals surface area contributed by atoms with Crippen molar-refractivity contribution < 1.29 is 4.92 Å². The smallest absolute Gasteiger partial charge is 0.287 e. The van der Waals surface area contributed by atoms with Crippen LogP contribution in [0.4, 0.5) is 5.69 Å². The number of aromatic nitrogens is 1. The second kappa shape index (κ2) is 3.94. The Morgan fingerprint density at radius 2 is 2.47 bits per heavy atom. The normalized spacial score (nSPS) is 16.1. The first-order valence-electron chi connectivity index (χ1n) is 5.05. The minimum Gasteiger partial charge on any atom is -0.299 e. The average molecular weight is 207 g/mol. The summed E-state index contributed by atoms with van der Waals surface area (Å²) in [6, 6.07) is 1.64. The van der Waals surface area contributed by atoms with E-state index in [1.54, 1.807) is 6.07 Å². The molecule has 5 heteroatoms. The molecule has 0 radical (unpaired) electrons. The molecule has 0 amide bonds. The van der Waals surface area contributed by atoms with Gasteiger partial charge in [0.15, 0.2) is 0 Å². The van der Waals surface area contributed by atoms with Crippen molar-refractivity contribution in [3.63, 3.8) is 0 Å². The zero-order valence-corrected chi connectivity index (χ0v) is 8.64. The van der Waals surface area contributed by atoms with E-state index >= 15 is 0 Å². The van der Waals surface area contributed by atoms with E-state index in [9.17, 15) is 10.1 Å². The highest BCUT2D eigenvalue weighted by atomic mass is 16.6. The molecule has 0 saturated heterocycles. The van der Waals surface area contributed by atoms with Crippen molar-refractivity contribution in [2.45, 2.75) is 19.9 Å². The molecule has 0 unspecified atom stereocenters. The fourth-order valence-electron chi connectivity index (χ4n) is 1.84. The second-order valence-corrected chi connectivity index (χ2v) is 3.68. The van der Waals surface area contributed by atoms with Crippen molar-refractivity contribution in [1.82, 2.24) is 9.88 Å². The van der Waals surface area contributed by atoms with Gasteiger partial charge in [0.25, 0.3) is 5.69 Å². The quantitative estimate of drug-likeness (QED) is 0.542. The molecule has 1 aromatic rings. The molecule has 1 aliphatic rings. The third-order valence-corrected chi connectivity index (χ3v) is 2.76. The summed E-state index contributed by atoms with van der Waals surface area (Å²) in [6.07, 6.45) is 2.24. The molecule has 0 fully saturated rings. The lowest BCUT2D eigenvalue weighted by Gasteiger charge is -2.26. The predicted octanol–water partition coefficient (Wildman–Crippen LogP) is 1.37. The van der Waals surface area contributed by atoms with Gasteiger partial charge >= 0.3 is 0 Å². The first-order valence-corrected chi connectivity index (χ1v) is 5.05. The highest BCUT2D eigenvalue weighted by Crippen LogP contribution is 2.21. The summed E-state index contributed by atoms with van der Waals surface area (Å²) >= 11 is 0. The Morgan fingerprint density at radius 3 is 3.13 bits per heavy atom. The SMILES string of the molecule is CCN1CCc2ncc([N+](=O)[O-])cc2C1. The van der Waals surface area contributed by atoms with Gasteiger partial charge in [0, 0.05) is 31.3 Å². The lowest BCUT2D eigenvalue weighted by atomic mass is 10.1. The molecule has 0 saturated carbocycles.